The lowest BCUT2D eigenvalue weighted by molar-refractivity contribution is 0.0967. The van der Waals surface area contributed by atoms with Crippen molar-refractivity contribution in [3.05, 3.63) is 21.9 Å². The fourth-order valence-electron chi connectivity index (χ4n) is 2.70. The molecule has 2 unspecified atom stereocenters. The minimum atomic E-state index is -0.177. The number of fused-ring (bicyclic) bond motifs is 2. The van der Waals surface area contributed by atoms with E-state index in [0.29, 0.717) is 0 Å². The van der Waals surface area contributed by atoms with Crippen LogP contribution in [0.4, 0.5) is 0 Å². The minimum absolute atomic E-state index is 0.0741. The second-order valence-corrected chi connectivity index (χ2v) is 4.96. The highest BCUT2D eigenvalue weighted by Crippen LogP contribution is 2.44. The Morgan fingerprint density at radius 2 is 2.54 bits per heavy atom. The van der Waals surface area contributed by atoms with Crippen LogP contribution < -0.4 is 5.32 Å². The standard InChI is InChI=1S/C10H13NOS/c12-9-2-5-11-10(9)4-1-8-7(10)3-6-13-8/h3,6,9,11-12H,1-2,4-5H2. The van der Waals surface area contributed by atoms with Gasteiger partial charge in [-0.25, -0.2) is 0 Å². The molecule has 1 aliphatic heterocycles. The van der Waals surface area contributed by atoms with Gasteiger partial charge in [0.2, 0.25) is 0 Å². The average molecular weight is 195 g/mol. The van der Waals surface area contributed by atoms with E-state index in [4.69, 9.17) is 0 Å². The molecule has 2 nitrogen and oxygen atoms in total. The highest BCUT2D eigenvalue weighted by molar-refractivity contribution is 7.10. The summed E-state index contributed by atoms with van der Waals surface area (Å²) >= 11 is 1.82. The summed E-state index contributed by atoms with van der Waals surface area (Å²) in [6.07, 6.45) is 2.94. The Bertz CT molecular complexity index is 335. The fraction of sp³-hybridized carbons (Fsp3) is 0.600. The highest BCUT2D eigenvalue weighted by Gasteiger charge is 2.47. The summed E-state index contributed by atoms with van der Waals surface area (Å²) in [7, 11) is 0. The normalized spacial score (nSPS) is 37.2. The first kappa shape index (κ1) is 7.97. The minimum Gasteiger partial charge on any atom is -0.391 e. The number of aliphatic hydroxyl groups excluding tert-OH is 1. The van der Waals surface area contributed by atoms with Gasteiger partial charge in [0.1, 0.15) is 0 Å². The number of aryl methyl sites for hydroxylation is 1. The number of hydrogen-bond donors (Lipinski definition) is 2. The van der Waals surface area contributed by atoms with Crippen LogP contribution in [0, 0.1) is 0 Å². The van der Waals surface area contributed by atoms with Gasteiger partial charge in [-0.05, 0) is 42.8 Å². The zero-order valence-corrected chi connectivity index (χ0v) is 8.23. The molecule has 2 heterocycles. The van der Waals surface area contributed by atoms with Crippen LogP contribution in [0.5, 0.6) is 0 Å². The SMILES string of the molecule is OC1CCNC12CCc1sccc12. The van der Waals surface area contributed by atoms with E-state index in [9.17, 15) is 5.11 Å². The Labute approximate surface area is 81.6 Å². The summed E-state index contributed by atoms with van der Waals surface area (Å²) in [6.45, 7) is 0.955. The summed E-state index contributed by atoms with van der Waals surface area (Å²) in [5, 5.41) is 15.6. The van der Waals surface area contributed by atoms with E-state index in [-0.39, 0.29) is 11.6 Å². The molecule has 70 valence electrons. The van der Waals surface area contributed by atoms with Crippen LogP contribution in [0.15, 0.2) is 11.4 Å². The molecule has 2 N–H and O–H groups in total. The van der Waals surface area contributed by atoms with Gasteiger partial charge >= 0.3 is 0 Å². The zero-order valence-electron chi connectivity index (χ0n) is 7.42. The fourth-order valence-corrected chi connectivity index (χ4v) is 3.67. The van der Waals surface area contributed by atoms with E-state index >= 15 is 0 Å². The van der Waals surface area contributed by atoms with Crippen molar-refractivity contribution in [3.63, 3.8) is 0 Å². The van der Waals surface area contributed by atoms with Crippen molar-refractivity contribution >= 4 is 11.3 Å². The Hall–Kier alpha value is -0.380. The van der Waals surface area contributed by atoms with Crippen molar-refractivity contribution in [2.75, 3.05) is 6.54 Å². The van der Waals surface area contributed by atoms with Crippen LogP contribution in [0.1, 0.15) is 23.3 Å². The van der Waals surface area contributed by atoms with E-state index in [1.165, 1.54) is 10.4 Å². The average Bonchev–Trinajstić information content (AvgIpc) is 2.72. The van der Waals surface area contributed by atoms with Gasteiger partial charge in [0, 0.05) is 4.88 Å². The zero-order chi connectivity index (χ0) is 8.89. The van der Waals surface area contributed by atoms with Gasteiger partial charge in [-0.3, -0.25) is 0 Å². The lowest BCUT2D eigenvalue weighted by Gasteiger charge is -2.28. The number of aliphatic hydroxyl groups is 1. The van der Waals surface area contributed by atoms with E-state index < -0.39 is 0 Å². The monoisotopic (exact) mass is 195 g/mol. The molecule has 1 aromatic heterocycles. The van der Waals surface area contributed by atoms with Gasteiger partial charge in [0.25, 0.3) is 0 Å². The van der Waals surface area contributed by atoms with Gasteiger partial charge in [-0.15, -0.1) is 11.3 Å². The summed E-state index contributed by atoms with van der Waals surface area (Å²) in [6, 6.07) is 2.18. The first-order valence-corrected chi connectivity index (χ1v) is 5.71. The van der Waals surface area contributed by atoms with Crippen LogP contribution in [0.25, 0.3) is 0 Å². The largest absolute Gasteiger partial charge is 0.391 e. The molecule has 2 aliphatic rings. The van der Waals surface area contributed by atoms with Gasteiger partial charge < -0.3 is 10.4 Å². The van der Waals surface area contributed by atoms with E-state index in [2.05, 4.69) is 16.8 Å². The molecule has 1 saturated heterocycles. The smallest absolute Gasteiger partial charge is 0.0776 e. The van der Waals surface area contributed by atoms with Crippen molar-refractivity contribution in [3.8, 4) is 0 Å². The van der Waals surface area contributed by atoms with Crippen molar-refractivity contribution in [1.82, 2.24) is 5.32 Å². The predicted octanol–water partition coefficient (Wildman–Crippen LogP) is 1.24. The molecule has 2 atom stereocenters. The van der Waals surface area contributed by atoms with Gasteiger partial charge in [-0.1, -0.05) is 0 Å². The van der Waals surface area contributed by atoms with Crippen molar-refractivity contribution in [2.45, 2.75) is 30.9 Å². The second-order valence-electron chi connectivity index (χ2n) is 3.96. The Kier molecular flexibility index (Phi) is 1.57. The first-order chi connectivity index (χ1) is 6.33. The van der Waals surface area contributed by atoms with E-state index in [1.54, 1.807) is 0 Å². The molecular formula is C10H13NOS. The molecular weight excluding hydrogens is 182 g/mol. The quantitative estimate of drug-likeness (QED) is 0.653. The topological polar surface area (TPSA) is 32.3 Å². The lowest BCUT2D eigenvalue weighted by atomic mass is 9.89. The first-order valence-electron chi connectivity index (χ1n) is 4.83. The second kappa shape index (κ2) is 2.56. The van der Waals surface area contributed by atoms with Crippen molar-refractivity contribution in [1.29, 1.82) is 0 Å². The van der Waals surface area contributed by atoms with Gasteiger partial charge in [-0.2, -0.15) is 0 Å². The molecule has 0 amide bonds. The molecule has 3 heteroatoms. The summed E-state index contributed by atoms with van der Waals surface area (Å²) in [5.41, 5.74) is 1.29. The van der Waals surface area contributed by atoms with Gasteiger partial charge in [0.05, 0.1) is 11.6 Å². The number of thiophene rings is 1. The van der Waals surface area contributed by atoms with Crippen molar-refractivity contribution < 1.29 is 5.11 Å². The Balaban J connectivity index is 2.11. The molecule has 0 saturated carbocycles. The van der Waals surface area contributed by atoms with Gasteiger partial charge in [0.15, 0.2) is 0 Å². The maximum Gasteiger partial charge on any atom is 0.0776 e. The maximum absolute atomic E-state index is 9.99. The molecule has 1 aromatic rings. The van der Waals surface area contributed by atoms with Crippen LogP contribution in [0.2, 0.25) is 0 Å². The van der Waals surface area contributed by atoms with Crippen LogP contribution in [-0.4, -0.2) is 17.8 Å². The van der Waals surface area contributed by atoms with Crippen LogP contribution >= 0.6 is 11.3 Å². The highest BCUT2D eigenvalue weighted by atomic mass is 32.1. The third-order valence-electron chi connectivity index (χ3n) is 3.40. The molecule has 3 rings (SSSR count). The number of hydrogen-bond acceptors (Lipinski definition) is 3. The lowest BCUT2D eigenvalue weighted by Crippen LogP contribution is -2.42. The summed E-state index contributed by atoms with van der Waals surface area (Å²) in [4.78, 5) is 1.47. The Morgan fingerprint density at radius 1 is 1.62 bits per heavy atom. The molecule has 0 bridgehead atoms. The van der Waals surface area contributed by atoms with Crippen LogP contribution in [0.3, 0.4) is 0 Å². The molecule has 0 aromatic carbocycles. The summed E-state index contributed by atoms with van der Waals surface area (Å²) < 4.78 is 0. The number of rotatable bonds is 0. The van der Waals surface area contributed by atoms with Crippen LogP contribution in [-0.2, 0) is 12.0 Å². The predicted molar refractivity (Wildman–Crippen MR) is 52.9 cm³/mol. The Morgan fingerprint density at radius 3 is 3.31 bits per heavy atom. The van der Waals surface area contributed by atoms with E-state index in [0.717, 1.165) is 25.8 Å². The molecule has 1 fully saturated rings. The van der Waals surface area contributed by atoms with Crippen molar-refractivity contribution in [2.24, 2.45) is 0 Å². The molecule has 1 aliphatic carbocycles. The molecule has 13 heavy (non-hydrogen) atoms. The molecule has 1 spiro atoms. The third-order valence-corrected chi connectivity index (χ3v) is 4.38. The summed E-state index contributed by atoms with van der Waals surface area (Å²) in [5.74, 6) is 0. The van der Waals surface area contributed by atoms with E-state index in [1.807, 2.05) is 11.3 Å². The molecule has 0 radical (unpaired) electrons. The number of nitrogens with one attached hydrogen (secondary N) is 1. The maximum atomic E-state index is 9.99. The third kappa shape index (κ3) is 0.897.